The quantitative estimate of drug-likeness (QED) is 0.617. The van der Waals surface area contributed by atoms with Crippen molar-refractivity contribution in [2.75, 3.05) is 34.8 Å². The van der Waals surface area contributed by atoms with Crippen molar-refractivity contribution in [3.8, 4) is 0 Å². The fourth-order valence-corrected chi connectivity index (χ4v) is 4.72. The van der Waals surface area contributed by atoms with Gasteiger partial charge in [-0.3, -0.25) is 0 Å². The molecule has 1 unspecified atom stereocenters. The van der Waals surface area contributed by atoms with E-state index in [-0.39, 0.29) is 0 Å². The minimum atomic E-state index is 0.495. The molecular formula is C25H36N6S. The van der Waals surface area contributed by atoms with Crippen molar-refractivity contribution < 1.29 is 0 Å². The number of anilines is 3. The summed E-state index contributed by atoms with van der Waals surface area (Å²) in [6.07, 6.45) is 8.76. The van der Waals surface area contributed by atoms with Crippen molar-refractivity contribution >= 4 is 34.9 Å². The van der Waals surface area contributed by atoms with Crippen LogP contribution in [0.1, 0.15) is 63.0 Å². The Labute approximate surface area is 197 Å². The van der Waals surface area contributed by atoms with E-state index in [9.17, 15) is 0 Å². The Kier molecular flexibility index (Phi) is 7.79. The maximum absolute atomic E-state index is 5.58. The molecule has 7 heteroatoms. The van der Waals surface area contributed by atoms with Crippen LogP contribution < -0.4 is 20.4 Å². The number of hydrogen-bond acceptors (Lipinski definition) is 5. The largest absolute Gasteiger partial charge is 0.358 e. The maximum atomic E-state index is 5.58. The van der Waals surface area contributed by atoms with Gasteiger partial charge in [0.1, 0.15) is 11.6 Å². The lowest BCUT2D eigenvalue weighted by atomic mass is 10.0. The van der Waals surface area contributed by atoms with Crippen molar-refractivity contribution in [1.82, 2.24) is 15.3 Å². The summed E-state index contributed by atoms with van der Waals surface area (Å²) in [7, 11) is 0. The van der Waals surface area contributed by atoms with Crippen molar-refractivity contribution in [2.24, 2.45) is 0 Å². The summed E-state index contributed by atoms with van der Waals surface area (Å²) in [4.78, 5) is 14.6. The molecule has 0 bridgehead atoms. The number of nitrogens with one attached hydrogen (secondary N) is 2. The molecule has 0 amide bonds. The van der Waals surface area contributed by atoms with E-state index in [1.54, 1.807) is 0 Å². The summed E-state index contributed by atoms with van der Waals surface area (Å²) < 4.78 is 0. The monoisotopic (exact) mass is 452 g/mol. The predicted molar refractivity (Wildman–Crippen MR) is 138 cm³/mol. The number of aryl methyl sites for hydroxylation is 1. The first kappa shape index (κ1) is 22.8. The van der Waals surface area contributed by atoms with Crippen LogP contribution in [0.4, 0.5) is 17.6 Å². The second-order valence-corrected chi connectivity index (χ2v) is 9.55. The minimum Gasteiger partial charge on any atom is -0.358 e. The average Bonchev–Trinajstić information content (AvgIpc) is 3.08. The third-order valence-corrected chi connectivity index (χ3v) is 6.77. The standard InChI is InChI=1S/C25H36N6S/c1-19-10-12-21(13-11-19)18-26-25(32)29-24-27-22(30-14-6-3-4-7-15-30)17-23(28-24)31-16-8-5-9-20(31)2/h10-13,17,20H,3-9,14-16,18H2,1-2H3,(H2,26,27,28,29,32). The second kappa shape index (κ2) is 10.9. The molecule has 32 heavy (non-hydrogen) atoms. The summed E-state index contributed by atoms with van der Waals surface area (Å²) in [5.41, 5.74) is 2.45. The van der Waals surface area contributed by atoms with Gasteiger partial charge >= 0.3 is 0 Å². The molecule has 2 N–H and O–H groups in total. The number of piperidine rings is 1. The van der Waals surface area contributed by atoms with Crippen LogP contribution >= 0.6 is 12.2 Å². The van der Waals surface area contributed by atoms with E-state index in [2.05, 4.69) is 64.6 Å². The molecule has 6 nitrogen and oxygen atoms in total. The molecule has 0 spiro atoms. The molecule has 1 atom stereocenters. The van der Waals surface area contributed by atoms with Crippen LogP contribution in [0.15, 0.2) is 30.3 Å². The van der Waals surface area contributed by atoms with Gasteiger partial charge in [0.25, 0.3) is 0 Å². The number of thiocarbonyl (C=S) groups is 1. The number of benzene rings is 1. The van der Waals surface area contributed by atoms with Crippen molar-refractivity contribution in [1.29, 1.82) is 0 Å². The summed E-state index contributed by atoms with van der Waals surface area (Å²) in [5, 5.41) is 7.11. The third-order valence-electron chi connectivity index (χ3n) is 6.53. The van der Waals surface area contributed by atoms with Crippen LogP contribution in [0.2, 0.25) is 0 Å². The second-order valence-electron chi connectivity index (χ2n) is 9.14. The van der Waals surface area contributed by atoms with Gasteiger partial charge in [-0.05, 0) is 63.7 Å². The van der Waals surface area contributed by atoms with Gasteiger partial charge in [-0.1, -0.05) is 42.7 Å². The molecule has 1 aromatic carbocycles. The van der Waals surface area contributed by atoms with Gasteiger partial charge in [-0.15, -0.1) is 0 Å². The summed E-state index contributed by atoms with van der Waals surface area (Å²) >= 11 is 5.58. The average molecular weight is 453 g/mol. The summed E-state index contributed by atoms with van der Waals surface area (Å²) in [6, 6.07) is 11.2. The molecule has 0 radical (unpaired) electrons. The van der Waals surface area contributed by atoms with Crippen LogP contribution in [-0.4, -0.2) is 40.8 Å². The Balaban J connectivity index is 1.51. The molecule has 2 aliphatic rings. The minimum absolute atomic E-state index is 0.495. The van der Waals surface area contributed by atoms with Gasteiger partial charge in [0, 0.05) is 38.3 Å². The van der Waals surface area contributed by atoms with E-state index in [1.165, 1.54) is 56.1 Å². The Morgan fingerprint density at radius 1 is 0.969 bits per heavy atom. The highest BCUT2D eigenvalue weighted by Crippen LogP contribution is 2.28. The lowest BCUT2D eigenvalue weighted by molar-refractivity contribution is 0.481. The highest BCUT2D eigenvalue weighted by Gasteiger charge is 2.22. The predicted octanol–water partition coefficient (Wildman–Crippen LogP) is 5.03. The Bertz CT molecular complexity index is 892. The van der Waals surface area contributed by atoms with Gasteiger partial charge in [0.2, 0.25) is 5.95 Å². The van der Waals surface area contributed by atoms with Gasteiger partial charge < -0.3 is 20.4 Å². The lowest BCUT2D eigenvalue weighted by Crippen LogP contribution is -2.38. The molecule has 2 aromatic rings. The molecule has 2 fully saturated rings. The fourth-order valence-electron chi connectivity index (χ4n) is 4.56. The zero-order chi connectivity index (χ0) is 22.3. The number of aromatic nitrogens is 2. The molecule has 0 saturated carbocycles. The highest BCUT2D eigenvalue weighted by atomic mass is 32.1. The Morgan fingerprint density at radius 2 is 1.66 bits per heavy atom. The molecule has 172 valence electrons. The zero-order valence-corrected chi connectivity index (χ0v) is 20.3. The molecule has 1 aromatic heterocycles. The molecule has 3 heterocycles. The van der Waals surface area contributed by atoms with E-state index >= 15 is 0 Å². The van der Waals surface area contributed by atoms with Crippen LogP contribution in [0.5, 0.6) is 0 Å². The number of nitrogens with zero attached hydrogens (tertiary/aromatic N) is 4. The molecular weight excluding hydrogens is 416 g/mol. The normalized spacial score (nSPS) is 19.4. The van der Waals surface area contributed by atoms with Crippen LogP contribution in [0, 0.1) is 6.92 Å². The molecule has 2 aliphatic heterocycles. The van der Waals surface area contributed by atoms with E-state index in [0.717, 1.165) is 31.3 Å². The van der Waals surface area contributed by atoms with Gasteiger partial charge in [0.05, 0.1) is 0 Å². The maximum Gasteiger partial charge on any atom is 0.232 e. The van der Waals surface area contributed by atoms with E-state index in [0.29, 0.717) is 23.6 Å². The summed E-state index contributed by atoms with van der Waals surface area (Å²) in [6.45, 7) is 8.23. The van der Waals surface area contributed by atoms with E-state index < -0.39 is 0 Å². The highest BCUT2D eigenvalue weighted by molar-refractivity contribution is 7.80. The van der Waals surface area contributed by atoms with Crippen molar-refractivity contribution in [3.05, 3.63) is 41.5 Å². The zero-order valence-electron chi connectivity index (χ0n) is 19.4. The van der Waals surface area contributed by atoms with Crippen molar-refractivity contribution in [2.45, 2.75) is 71.4 Å². The van der Waals surface area contributed by atoms with Gasteiger partial charge in [-0.25, -0.2) is 0 Å². The van der Waals surface area contributed by atoms with E-state index in [4.69, 9.17) is 22.2 Å². The number of hydrogen-bond donors (Lipinski definition) is 2. The smallest absolute Gasteiger partial charge is 0.232 e. The van der Waals surface area contributed by atoms with E-state index in [1.807, 2.05) is 0 Å². The first-order valence-electron chi connectivity index (χ1n) is 12.1. The van der Waals surface area contributed by atoms with Gasteiger partial charge in [-0.2, -0.15) is 9.97 Å². The lowest BCUT2D eigenvalue weighted by Gasteiger charge is -2.35. The van der Waals surface area contributed by atoms with Crippen LogP contribution in [-0.2, 0) is 6.54 Å². The third kappa shape index (κ3) is 6.09. The summed E-state index contributed by atoms with van der Waals surface area (Å²) in [5.74, 6) is 2.61. The SMILES string of the molecule is Cc1ccc(CNC(=S)Nc2nc(N3CCCCCC3)cc(N3CCCCC3C)n2)cc1. The van der Waals surface area contributed by atoms with Gasteiger partial charge in [0.15, 0.2) is 5.11 Å². The van der Waals surface area contributed by atoms with Crippen molar-refractivity contribution in [3.63, 3.8) is 0 Å². The number of rotatable bonds is 5. The topological polar surface area (TPSA) is 56.3 Å². The first-order chi connectivity index (χ1) is 15.6. The molecule has 4 rings (SSSR count). The Morgan fingerprint density at radius 3 is 2.38 bits per heavy atom. The van der Waals surface area contributed by atoms with Crippen LogP contribution in [0.3, 0.4) is 0 Å². The van der Waals surface area contributed by atoms with Crippen LogP contribution in [0.25, 0.3) is 0 Å². The first-order valence-corrected chi connectivity index (χ1v) is 12.5. The molecule has 2 saturated heterocycles. The Hall–Kier alpha value is -2.41. The fraction of sp³-hybridized carbons (Fsp3) is 0.560. The molecule has 0 aliphatic carbocycles.